The van der Waals surface area contributed by atoms with Crippen LogP contribution < -0.4 is 5.32 Å². The highest BCUT2D eigenvalue weighted by molar-refractivity contribution is 14.1. The molecule has 1 aromatic carbocycles. The monoisotopic (exact) mass is 366 g/mol. The van der Waals surface area contributed by atoms with Gasteiger partial charge in [-0.15, -0.1) is 0 Å². The molecule has 0 saturated carbocycles. The first-order chi connectivity index (χ1) is 8.08. The lowest BCUT2D eigenvalue weighted by molar-refractivity contribution is 0.360. The first-order valence-electron chi connectivity index (χ1n) is 5.51. The molecule has 94 valence electrons. The van der Waals surface area contributed by atoms with Gasteiger partial charge in [-0.05, 0) is 40.3 Å². The van der Waals surface area contributed by atoms with Crippen LogP contribution in [0.3, 0.4) is 0 Å². The first-order valence-corrected chi connectivity index (χ1v) is 8.20. The summed E-state index contributed by atoms with van der Waals surface area (Å²) in [5, 5.41) is 3.15. The summed E-state index contributed by atoms with van der Waals surface area (Å²) in [4.78, 5) is 0. The molecule has 1 heterocycles. The van der Waals surface area contributed by atoms with Gasteiger partial charge in [0.1, 0.15) is 0 Å². The minimum absolute atomic E-state index is 0.101. The van der Waals surface area contributed by atoms with Crippen molar-refractivity contribution in [3.63, 3.8) is 0 Å². The molecule has 1 fully saturated rings. The molecule has 0 amide bonds. The standard InChI is InChI=1S/C11H15IN2O2S/c12-11-3-1-2-10(8-11)9-17(15,16)14-6-4-13-5-7-14/h1-3,8,13H,4-7,9H2. The Morgan fingerprint density at radius 2 is 2.00 bits per heavy atom. The smallest absolute Gasteiger partial charge is 0.218 e. The maximum Gasteiger partial charge on any atom is 0.218 e. The van der Waals surface area contributed by atoms with E-state index in [9.17, 15) is 8.42 Å². The molecule has 0 spiro atoms. The van der Waals surface area contributed by atoms with Gasteiger partial charge in [0.2, 0.25) is 10.0 Å². The van der Waals surface area contributed by atoms with Crippen LogP contribution in [0.25, 0.3) is 0 Å². The molecule has 4 nitrogen and oxygen atoms in total. The molecule has 0 aliphatic carbocycles. The summed E-state index contributed by atoms with van der Waals surface area (Å²) in [6.45, 7) is 2.63. The molecule has 6 heteroatoms. The number of nitrogens with one attached hydrogen (secondary N) is 1. The van der Waals surface area contributed by atoms with E-state index in [4.69, 9.17) is 0 Å². The Labute approximate surface area is 116 Å². The number of sulfonamides is 1. The number of benzene rings is 1. The average Bonchev–Trinajstić information content (AvgIpc) is 2.29. The summed E-state index contributed by atoms with van der Waals surface area (Å²) in [6, 6.07) is 7.63. The van der Waals surface area contributed by atoms with Gasteiger partial charge in [-0.2, -0.15) is 4.31 Å². The van der Waals surface area contributed by atoms with Crippen LogP contribution in [0.1, 0.15) is 5.56 Å². The van der Waals surface area contributed by atoms with Crippen LogP contribution in [0.4, 0.5) is 0 Å². The lowest BCUT2D eigenvalue weighted by Gasteiger charge is -2.26. The van der Waals surface area contributed by atoms with Crippen LogP contribution in [0.15, 0.2) is 24.3 Å². The molecule has 0 bridgehead atoms. The molecule has 0 radical (unpaired) electrons. The van der Waals surface area contributed by atoms with Gasteiger partial charge in [0, 0.05) is 29.7 Å². The Kier molecular flexibility index (Phi) is 4.40. The van der Waals surface area contributed by atoms with Crippen LogP contribution in [-0.4, -0.2) is 38.9 Å². The number of rotatable bonds is 3. The fourth-order valence-corrected chi connectivity index (χ4v) is 3.98. The van der Waals surface area contributed by atoms with Crippen molar-refractivity contribution in [1.82, 2.24) is 9.62 Å². The van der Waals surface area contributed by atoms with Crippen molar-refractivity contribution in [2.24, 2.45) is 0 Å². The molecule has 0 unspecified atom stereocenters. The van der Waals surface area contributed by atoms with Crippen LogP contribution in [-0.2, 0) is 15.8 Å². The number of halogens is 1. The normalized spacial score (nSPS) is 18.2. The van der Waals surface area contributed by atoms with Crippen molar-refractivity contribution in [2.75, 3.05) is 26.2 Å². The van der Waals surface area contributed by atoms with E-state index in [1.54, 1.807) is 4.31 Å². The third-order valence-electron chi connectivity index (χ3n) is 2.71. The van der Waals surface area contributed by atoms with Crippen molar-refractivity contribution < 1.29 is 8.42 Å². The average molecular weight is 366 g/mol. The summed E-state index contributed by atoms with van der Waals surface area (Å²) in [5.74, 6) is 0.101. The zero-order valence-corrected chi connectivity index (χ0v) is 12.4. The van der Waals surface area contributed by atoms with Gasteiger partial charge in [-0.1, -0.05) is 12.1 Å². The van der Waals surface area contributed by atoms with E-state index in [1.807, 2.05) is 24.3 Å². The molecule has 1 saturated heterocycles. The van der Waals surface area contributed by atoms with Crippen LogP contribution in [0.2, 0.25) is 0 Å². The maximum absolute atomic E-state index is 12.2. The predicted molar refractivity (Wildman–Crippen MR) is 76.2 cm³/mol. The number of hydrogen-bond donors (Lipinski definition) is 1. The predicted octanol–water partition coefficient (Wildman–Crippen LogP) is 1.03. The fraction of sp³-hybridized carbons (Fsp3) is 0.455. The van der Waals surface area contributed by atoms with Crippen molar-refractivity contribution in [3.8, 4) is 0 Å². The highest BCUT2D eigenvalue weighted by Crippen LogP contribution is 2.14. The minimum Gasteiger partial charge on any atom is -0.314 e. The van der Waals surface area contributed by atoms with Gasteiger partial charge in [0.25, 0.3) is 0 Å². The van der Waals surface area contributed by atoms with E-state index in [0.29, 0.717) is 13.1 Å². The first kappa shape index (κ1) is 13.3. The zero-order valence-electron chi connectivity index (χ0n) is 9.39. The Bertz CT molecular complexity index is 484. The van der Waals surface area contributed by atoms with Crippen molar-refractivity contribution in [2.45, 2.75) is 5.75 Å². The Balaban J connectivity index is 2.11. The number of nitrogens with zero attached hydrogens (tertiary/aromatic N) is 1. The minimum atomic E-state index is -3.16. The van der Waals surface area contributed by atoms with E-state index >= 15 is 0 Å². The topological polar surface area (TPSA) is 49.4 Å². The van der Waals surface area contributed by atoms with Crippen molar-refractivity contribution in [1.29, 1.82) is 0 Å². The quantitative estimate of drug-likeness (QED) is 0.813. The summed E-state index contributed by atoms with van der Waals surface area (Å²) in [7, 11) is -3.16. The third-order valence-corrected chi connectivity index (χ3v) is 5.23. The Morgan fingerprint density at radius 1 is 1.29 bits per heavy atom. The van der Waals surface area contributed by atoms with E-state index in [1.165, 1.54) is 0 Å². The van der Waals surface area contributed by atoms with Crippen LogP contribution in [0.5, 0.6) is 0 Å². The number of piperazine rings is 1. The SMILES string of the molecule is O=S(=O)(Cc1cccc(I)c1)N1CCNCC1. The molecular formula is C11H15IN2O2S. The molecule has 1 aliphatic heterocycles. The molecule has 1 aromatic rings. The Hall–Kier alpha value is -0.180. The third kappa shape index (κ3) is 3.64. The molecule has 1 N–H and O–H groups in total. The largest absolute Gasteiger partial charge is 0.314 e. The number of hydrogen-bond acceptors (Lipinski definition) is 3. The molecular weight excluding hydrogens is 351 g/mol. The molecule has 2 rings (SSSR count). The van der Waals surface area contributed by atoms with Gasteiger partial charge in [-0.25, -0.2) is 8.42 Å². The Morgan fingerprint density at radius 3 is 2.65 bits per heavy atom. The van der Waals surface area contributed by atoms with E-state index in [2.05, 4.69) is 27.9 Å². The summed E-state index contributed by atoms with van der Waals surface area (Å²) < 4.78 is 27.0. The van der Waals surface area contributed by atoms with Crippen molar-refractivity contribution in [3.05, 3.63) is 33.4 Å². The van der Waals surface area contributed by atoms with E-state index in [-0.39, 0.29) is 5.75 Å². The molecule has 1 aliphatic rings. The summed E-state index contributed by atoms with van der Waals surface area (Å²) in [5.41, 5.74) is 0.857. The van der Waals surface area contributed by atoms with Gasteiger partial charge in [0.15, 0.2) is 0 Å². The molecule has 17 heavy (non-hydrogen) atoms. The van der Waals surface area contributed by atoms with Gasteiger partial charge in [0.05, 0.1) is 5.75 Å². The van der Waals surface area contributed by atoms with Crippen LogP contribution >= 0.6 is 22.6 Å². The van der Waals surface area contributed by atoms with E-state index < -0.39 is 10.0 Å². The zero-order chi connectivity index (χ0) is 12.3. The molecule has 0 atom stereocenters. The van der Waals surface area contributed by atoms with Crippen LogP contribution in [0, 0.1) is 3.57 Å². The van der Waals surface area contributed by atoms with Gasteiger partial charge < -0.3 is 5.32 Å². The van der Waals surface area contributed by atoms with Gasteiger partial charge in [-0.3, -0.25) is 0 Å². The summed E-state index contributed by atoms with van der Waals surface area (Å²) in [6.07, 6.45) is 0. The second kappa shape index (κ2) is 5.64. The lowest BCUT2D eigenvalue weighted by atomic mass is 10.2. The fourth-order valence-electron chi connectivity index (χ4n) is 1.85. The second-order valence-corrected chi connectivity index (χ2v) is 7.25. The van der Waals surface area contributed by atoms with Gasteiger partial charge >= 0.3 is 0 Å². The second-order valence-electron chi connectivity index (χ2n) is 4.04. The highest BCUT2D eigenvalue weighted by Gasteiger charge is 2.23. The maximum atomic E-state index is 12.2. The summed E-state index contributed by atoms with van der Waals surface area (Å²) >= 11 is 2.19. The van der Waals surface area contributed by atoms with E-state index in [0.717, 1.165) is 22.2 Å². The highest BCUT2D eigenvalue weighted by atomic mass is 127. The lowest BCUT2D eigenvalue weighted by Crippen LogP contribution is -2.46. The van der Waals surface area contributed by atoms with Crippen molar-refractivity contribution >= 4 is 32.6 Å². The molecule has 0 aromatic heterocycles.